The first-order valence-electron chi connectivity index (χ1n) is 7.40. The van der Waals surface area contributed by atoms with E-state index in [2.05, 4.69) is 40.4 Å². The van der Waals surface area contributed by atoms with Gasteiger partial charge in [-0.3, -0.25) is 4.79 Å². The van der Waals surface area contributed by atoms with Crippen LogP contribution in [0.5, 0.6) is 0 Å². The van der Waals surface area contributed by atoms with Crippen molar-refractivity contribution in [1.29, 1.82) is 0 Å². The minimum absolute atomic E-state index is 0.162. The molecule has 0 aromatic heterocycles. The summed E-state index contributed by atoms with van der Waals surface area (Å²) in [7, 11) is 0. The molecule has 122 valence electrons. The Balaban J connectivity index is 2.60. The summed E-state index contributed by atoms with van der Waals surface area (Å²) in [6.45, 7) is 6.57. The van der Waals surface area contributed by atoms with Gasteiger partial charge in [-0.2, -0.15) is 0 Å². The molecule has 0 fully saturated rings. The fourth-order valence-electron chi connectivity index (χ4n) is 2.06. The summed E-state index contributed by atoms with van der Waals surface area (Å²) in [6, 6.07) is 7.06. The SMILES string of the molecule is CCOC(=O)N[C@H](CNC(=O)c1ccccc1Br)CC(C)C. The van der Waals surface area contributed by atoms with Gasteiger partial charge < -0.3 is 15.4 Å². The monoisotopic (exact) mass is 370 g/mol. The number of ether oxygens (including phenoxy) is 1. The predicted molar refractivity (Wildman–Crippen MR) is 89.9 cm³/mol. The Kier molecular flexibility index (Phi) is 7.95. The van der Waals surface area contributed by atoms with Crippen molar-refractivity contribution in [2.24, 2.45) is 5.92 Å². The number of carbonyl (C=O) groups excluding carboxylic acids is 2. The average Bonchev–Trinajstić information content (AvgIpc) is 2.44. The van der Waals surface area contributed by atoms with E-state index in [1.54, 1.807) is 13.0 Å². The molecule has 1 rings (SSSR count). The molecule has 0 spiro atoms. The topological polar surface area (TPSA) is 67.4 Å². The van der Waals surface area contributed by atoms with Crippen molar-refractivity contribution in [3.63, 3.8) is 0 Å². The number of hydrogen-bond acceptors (Lipinski definition) is 3. The Morgan fingerprint density at radius 2 is 1.95 bits per heavy atom. The Labute approximate surface area is 139 Å². The number of amides is 2. The van der Waals surface area contributed by atoms with Crippen LogP contribution in [0.4, 0.5) is 4.79 Å². The number of benzene rings is 1. The Bertz CT molecular complexity index is 506. The van der Waals surface area contributed by atoms with E-state index in [1.165, 1.54) is 0 Å². The number of alkyl carbamates (subject to hydrolysis) is 1. The van der Waals surface area contributed by atoms with E-state index in [9.17, 15) is 9.59 Å². The molecular weight excluding hydrogens is 348 g/mol. The van der Waals surface area contributed by atoms with Gasteiger partial charge >= 0.3 is 6.09 Å². The first-order chi connectivity index (χ1) is 10.4. The maximum absolute atomic E-state index is 12.2. The van der Waals surface area contributed by atoms with Crippen LogP contribution in [-0.4, -0.2) is 31.2 Å². The highest BCUT2D eigenvalue weighted by molar-refractivity contribution is 9.10. The van der Waals surface area contributed by atoms with Crippen molar-refractivity contribution in [3.8, 4) is 0 Å². The highest BCUT2D eigenvalue weighted by Crippen LogP contribution is 2.15. The number of halogens is 1. The molecule has 2 amide bonds. The van der Waals surface area contributed by atoms with Gasteiger partial charge in [0.25, 0.3) is 5.91 Å². The molecule has 0 heterocycles. The van der Waals surface area contributed by atoms with E-state index in [0.29, 0.717) is 24.6 Å². The van der Waals surface area contributed by atoms with Gasteiger partial charge in [-0.05, 0) is 47.3 Å². The molecule has 2 N–H and O–H groups in total. The summed E-state index contributed by atoms with van der Waals surface area (Å²) in [5, 5.41) is 5.64. The highest BCUT2D eigenvalue weighted by Gasteiger charge is 2.17. The van der Waals surface area contributed by atoms with E-state index in [4.69, 9.17) is 4.74 Å². The predicted octanol–water partition coefficient (Wildman–Crippen LogP) is 3.34. The number of nitrogens with one attached hydrogen (secondary N) is 2. The maximum atomic E-state index is 12.2. The Hall–Kier alpha value is -1.56. The van der Waals surface area contributed by atoms with Gasteiger partial charge in [-0.15, -0.1) is 0 Å². The molecule has 6 heteroatoms. The Morgan fingerprint density at radius 3 is 2.55 bits per heavy atom. The van der Waals surface area contributed by atoms with Crippen LogP contribution in [0, 0.1) is 5.92 Å². The lowest BCUT2D eigenvalue weighted by molar-refractivity contribution is 0.0943. The lowest BCUT2D eigenvalue weighted by Gasteiger charge is -2.21. The maximum Gasteiger partial charge on any atom is 0.407 e. The molecule has 1 atom stereocenters. The van der Waals surface area contributed by atoms with Crippen molar-refractivity contribution >= 4 is 27.9 Å². The highest BCUT2D eigenvalue weighted by atomic mass is 79.9. The third-order valence-electron chi connectivity index (χ3n) is 2.98. The van der Waals surface area contributed by atoms with Gasteiger partial charge in [0.1, 0.15) is 0 Å². The summed E-state index contributed by atoms with van der Waals surface area (Å²) in [4.78, 5) is 23.7. The van der Waals surface area contributed by atoms with Crippen LogP contribution in [0.25, 0.3) is 0 Å². The summed E-state index contributed by atoms with van der Waals surface area (Å²) in [5.74, 6) is 0.221. The van der Waals surface area contributed by atoms with Crippen LogP contribution in [0.15, 0.2) is 28.7 Å². The molecule has 22 heavy (non-hydrogen) atoms. The second-order valence-electron chi connectivity index (χ2n) is 5.38. The van der Waals surface area contributed by atoms with Crippen molar-refractivity contribution in [1.82, 2.24) is 10.6 Å². The van der Waals surface area contributed by atoms with Gasteiger partial charge in [-0.1, -0.05) is 26.0 Å². The summed E-state index contributed by atoms with van der Waals surface area (Å²) in [6.07, 6.45) is 0.304. The fraction of sp³-hybridized carbons (Fsp3) is 0.500. The molecular formula is C16H23BrN2O3. The summed E-state index contributed by atoms with van der Waals surface area (Å²) >= 11 is 3.35. The molecule has 1 aromatic carbocycles. The van der Waals surface area contributed by atoms with Crippen molar-refractivity contribution in [2.75, 3.05) is 13.2 Å². The molecule has 0 saturated heterocycles. The van der Waals surface area contributed by atoms with Gasteiger partial charge in [0.05, 0.1) is 12.2 Å². The third kappa shape index (κ3) is 6.47. The molecule has 1 aromatic rings. The van der Waals surface area contributed by atoms with Crippen LogP contribution in [0.3, 0.4) is 0 Å². The molecule has 0 aliphatic heterocycles. The smallest absolute Gasteiger partial charge is 0.407 e. The standard InChI is InChI=1S/C16H23BrN2O3/c1-4-22-16(21)19-12(9-11(2)3)10-18-15(20)13-7-5-6-8-14(13)17/h5-8,11-12H,4,9-10H2,1-3H3,(H,18,20)(H,19,21)/t12-/m0/s1. The Morgan fingerprint density at radius 1 is 1.27 bits per heavy atom. The van der Waals surface area contributed by atoms with E-state index in [-0.39, 0.29) is 11.9 Å². The van der Waals surface area contributed by atoms with Crippen LogP contribution < -0.4 is 10.6 Å². The number of hydrogen-bond donors (Lipinski definition) is 2. The van der Waals surface area contributed by atoms with E-state index >= 15 is 0 Å². The number of carbonyl (C=O) groups is 2. The molecule has 0 aliphatic carbocycles. The second-order valence-corrected chi connectivity index (χ2v) is 6.24. The molecule has 0 saturated carbocycles. The lowest BCUT2D eigenvalue weighted by Crippen LogP contribution is -2.44. The second kappa shape index (κ2) is 9.46. The van der Waals surface area contributed by atoms with Crippen LogP contribution >= 0.6 is 15.9 Å². The zero-order valence-electron chi connectivity index (χ0n) is 13.2. The summed E-state index contributed by atoms with van der Waals surface area (Å²) in [5.41, 5.74) is 0.571. The zero-order valence-corrected chi connectivity index (χ0v) is 14.8. The van der Waals surface area contributed by atoms with Gasteiger partial charge in [0.2, 0.25) is 0 Å². The zero-order chi connectivity index (χ0) is 16.5. The van der Waals surface area contributed by atoms with E-state index in [0.717, 1.165) is 10.9 Å². The lowest BCUT2D eigenvalue weighted by atomic mass is 10.0. The molecule has 0 radical (unpaired) electrons. The van der Waals surface area contributed by atoms with Gasteiger partial charge in [-0.25, -0.2) is 4.79 Å². The first-order valence-corrected chi connectivity index (χ1v) is 8.19. The van der Waals surface area contributed by atoms with Crippen molar-refractivity contribution in [3.05, 3.63) is 34.3 Å². The van der Waals surface area contributed by atoms with Crippen LogP contribution in [0.2, 0.25) is 0 Å². The quantitative estimate of drug-likeness (QED) is 0.773. The van der Waals surface area contributed by atoms with Gasteiger partial charge in [0.15, 0.2) is 0 Å². The van der Waals surface area contributed by atoms with Crippen LogP contribution in [0.1, 0.15) is 37.6 Å². The average molecular weight is 371 g/mol. The molecule has 5 nitrogen and oxygen atoms in total. The minimum atomic E-state index is -0.455. The summed E-state index contributed by atoms with van der Waals surface area (Å²) < 4.78 is 5.64. The number of rotatable bonds is 7. The van der Waals surface area contributed by atoms with E-state index in [1.807, 2.05) is 18.2 Å². The molecule has 0 unspecified atom stereocenters. The minimum Gasteiger partial charge on any atom is -0.450 e. The van der Waals surface area contributed by atoms with Crippen molar-refractivity contribution in [2.45, 2.75) is 33.2 Å². The van der Waals surface area contributed by atoms with E-state index < -0.39 is 6.09 Å². The molecule has 0 aliphatic rings. The van der Waals surface area contributed by atoms with Crippen LogP contribution in [-0.2, 0) is 4.74 Å². The fourth-order valence-corrected chi connectivity index (χ4v) is 2.52. The normalized spacial score (nSPS) is 11.9. The molecule has 0 bridgehead atoms. The third-order valence-corrected chi connectivity index (χ3v) is 3.67. The first kappa shape index (κ1) is 18.5. The largest absolute Gasteiger partial charge is 0.450 e. The van der Waals surface area contributed by atoms with Gasteiger partial charge in [0, 0.05) is 17.1 Å². The van der Waals surface area contributed by atoms with Crippen molar-refractivity contribution < 1.29 is 14.3 Å².